The number of quaternary nitrogens is 1. The minimum Gasteiger partial charge on any atom is -0.293 e. The summed E-state index contributed by atoms with van der Waals surface area (Å²) in [6.07, 6.45) is 0.600. The van der Waals surface area contributed by atoms with Crippen molar-refractivity contribution in [1.82, 2.24) is 8.95 Å². The zero-order chi connectivity index (χ0) is 20.1. The number of carbonyl (C=O) groups excluding carboxylic acids is 5. The van der Waals surface area contributed by atoms with Crippen LogP contribution in [0.1, 0.15) is 16.8 Å². The molecule has 1 aromatic carbocycles. The third kappa shape index (κ3) is 2.46. The Morgan fingerprint density at radius 2 is 1.63 bits per heavy atom. The fraction of sp³-hybridized carbons (Fsp3) is 0.133. The van der Waals surface area contributed by atoms with Gasteiger partial charge in [-0.25, -0.2) is 14.1 Å². The van der Waals surface area contributed by atoms with Crippen LogP contribution in [-0.2, 0) is 29.5 Å². The Kier molecular flexibility index (Phi) is 4.15. The van der Waals surface area contributed by atoms with E-state index >= 15 is 0 Å². The Morgan fingerprint density at radius 3 is 2.11 bits per heavy atom. The fourth-order valence-electron chi connectivity index (χ4n) is 3.02. The maximum absolute atomic E-state index is 12.8. The van der Waals surface area contributed by atoms with E-state index < -0.39 is 67.2 Å². The number of hydrogen-bond acceptors (Lipinski definition) is 8. The van der Waals surface area contributed by atoms with Crippen LogP contribution in [-0.4, -0.2) is 52.7 Å². The van der Waals surface area contributed by atoms with E-state index in [0.717, 1.165) is 12.1 Å². The van der Waals surface area contributed by atoms with Crippen molar-refractivity contribution in [1.29, 1.82) is 0 Å². The number of rotatable bonds is 4. The molecule has 3 rings (SSSR count). The average molecular weight is 395 g/mol. The summed E-state index contributed by atoms with van der Waals surface area (Å²) in [5, 5.41) is 9.07. The second kappa shape index (κ2) is 5.99. The molecule has 1 atom stereocenters. The molecule has 1 aromatic rings. The molecule has 0 aromatic heterocycles. The van der Waals surface area contributed by atoms with Crippen molar-refractivity contribution in [3.05, 3.63) is 42.0 Å². The number of Topliss-reactive ketones (excluding diaryl/α,β-unsaturated/α-hetero) is 1. The van der Waals surface area contributed by atoms with Gasteiger partial charge in [-0.05, 0) is 9.95 Å². The van der Waals surface area contributed by atoms with Crippen molar-refractivity contribution in [2.24, 2.45) is 5.92 Å². The maximum Gasteiger partial charge on any atom is 0.453 e. The van der Waals surface area contributed by atoms with Crippen LogP contribution in [0.2, 0.25) is 0 Å². The molecule has 0 saturated carbocycles. The number of hydroxylamine groups is 2. The van der Waals surface area contributed by atoms with Gasteiger partial charge < -0.3 is 0 Å². The molecule has 0 spiro atoms. The molecule has 2 aliphatic rings. The molecule has 1 unspecified atom stereocenters. The molecule has 0 aliphatic carbocycles. The lowest BCUT2D eigenvalue weighted by atomic mass is 9.94. The first-order valence-corrected chi connectivity index (χ1v) is 8.76. The molecule has 4 amide bonds. The van der Waals surface area contributed by atoms with Gasteiger partial charge in [0.15, 0.2) is 11.5 Å². The average Bonchev–Trinajstić information content (AvgIpc) is 3.05. The lowest BCUT2D eigenvalue weighted by Gasteiger charge is -2.25. The van der Waals surface area contributed by atoms with Crippen molar-refractivity contribution in [2.75, 3.05) is 0 Å². The summed E-state index contributed by atoms with van der Waals surface area (Å²) in [5.41, 5.74) is -1.23. The SMILES string of the molecule is O=C(c1ccccc1[N+]1(S(=O)(=O)O)C(=O)C=CC1=O)C1CC(=O)N(O)C1=O. The zero-order valence-electron chi connectivity index (χ0n) is 13.3. The van der Waals surface area contributed by atoms with E-state index in [1.54, 1.807) is 0 Å². The van der Waals surface area contributed by atoms with Crippen LogP contribution in [0.25, 0.3) is 0 Å². The molecule has 1 saturated heterocycles. The van der Waals surface area contributed by atoms with Gasteiger partial charge in [-0.3, -0.25) is 19.6 Å². The number of hydrogen-bond donors (Lipinski definition) is 2. The predicted molar refractivity (Wildman–Crippen MR) is 85.0 cm³/mol. The highest BCUT2D eigenvalue weighted by molar-refractivity contribution is 7.86. The second-order valence-corrected chi connectivity index (χ2v) is 7.19. The molecule has 27 heavy (non-hydrogen) atoms. The summed E-state index contributed by atoms with van der Waals surface area (Å²) < 4.78 is 31.5. The highest BCUT2D eigenvalue weighted by atomic mass is 32.2. The summed E-state index contributed by atoms with van der Waals surface area (Å²) in [6, 6.07) is 4.49. The zero-order valence-corrected chi connectivity index (χ0v) is 14.1. The number of para-hydroxylation sites is 1. The van der Waals surface area contributed by atoms with E-state index in [0.29, 0.717) is 12.2 Å². The Labute approximate surface area is 151 Å². The van der Waals surface area contributed by atoms with Crippen LogP contribution < -0.4 is 3.89 Å². The second-order valence-electron chi connectivity index (χ2n) is 5.75. The Hall–Kier alpha value is -3.06. The molecule has 2 aliphatic heterocycles. The van der Waals surface area contributed by atoms with Gasteiger partial charge >= 0.3 is 22.1 Å². The Balaban J connectivity index is 2.22. The number of nitrogens with zero attached hydrogens (tertiary/aromatic N) is 2. The van der Waals surface area contributed by atoms with Crippen LogP contribution in [0.4, 0.5) is 5.69 Å². The first-order valence-electron chi connectivity index (χ1n) is 7.36. The molecular formula is C15H11N2O9S+. The monoisotopic (exact) mass is 395 g/mol. The van der Waals surface area contributed by atoms with Crippen molar-refractivity contribution in [2.45, 2.75) is 6.42 Å². The van der Waals surface area contributed by atoms with Crippen molar-refractivity contribution >= 4 is 45.4 Å². The van der Waals surface area contributed by atoms with Crippen molar-refractivity contribution in [3.8, 4) is 0 Å². The largest absolute Gasteiger partial charge is 0.453 e. The van der Waals surface area contributed by atoms with E-state index in [2.05, 4.69) is 0 Å². The third-order valence-electron chi connectivity index (χ3n) is 4.28. The smallest absolute Gasteiger partial charge is 0.293 e. The maximum atomic E-state index is 12.8. The summed E-state index contributed by atoms with van der Waals surface area (Å²) in [5.74, 6) is -7.68. The van der Waals surface area contributed by atoms with Gasteiger partial charge in [-0.2, -0.15) is 5.06 Å². The quantitative estimate of drug-likeness (QED) is 0.169. The predicted octanol–water partition coefficient (Wildman–Crippen LogP) is -0.633. The number of amides is 4. The molecule has 0 radical (unpaired) electrons. The van der Waals surface area contributed by atoms with E-state index in [1.165, 1.54) is 12.1 Å². The lowest BCUT2D eigenvalue weighted by molar-refractivity contribution is -0.171. The molecule has 0 bridgehead atoms. The first-order chi connectivity index (χ1) is 12.5. The van der Waals surface area contributed by atoms with E-state index in [9.17, 15) is 42.2 Å². The standard InChI is InChI=1S/C15H10N2O9S/c18-11-7-9(15(22)16(11)23)14(21)8-3-1-2-4-10(8)17(27(24,25)26)12(19)5-6-13(17)20/h1-6,9,23H,7H2/p+1. The minimum atomic E-state index is -5.42. The normalized spacial score (nSPS) is 22.0. The fourth-order valence-corrected chi connectivity index (χ4v) is 4.00. The Morgan fingerprint density at radius 1 is 1.07 bits per heavy atom. The molecule has 11 nitrogen and oxygen atoms in total. The first kappa shape index (κ1) is 18.7. The number of carbonyl (C=O) groups is 5. The third-order valence-corrected chi connectivity index (χ3v) is 5.53. The van der Waals surface area contributed by atoms with Gasteiger partial charge in [0.05, 0.1) is 17.7 Å². The Bertz CT molecular complexity index is 1040. The lowest BCUT2D eigenvalue weighted by Crippen LogP contribution is -2.59. The molecule has 12 heteroatoms. The number of ketones is 1. The number of benzene rings is 1. The van der Waals surface area contributed by atoms with Crippen LogP contribution >= 0.6 is 0 Å². The van der Waals surface area contributed by atoms with Crippen LogP contribution in [0.3, 0.4) is 0 Å². The summed E-state index contributed by atoms with van der Waals surface area (Å²) in [6.45, 7) is 0. The van der Waals surface area contributed by atoms with E-state index in [1.807, 2.05) is 0 Å². The van der Waals surface area contributed by atoms with Gasteiger partial charge in [0.1, 0.15) is 5.92 Å². The van der Waals surface area contributed by atoms with Crippen LogP contribution in [0, 0.1) is 5.92 Å². The van der Waals surface area contributed by atoms with Gasteiger partial charge in [0.2, 0.25) is 0 Å². The summed E-state index contributed by atoms with van der Waals surface area (Å²) in [7, 11) is -5.42. The molecule has 1 fully saturated rings. The molecule has 140 valence electrons. The van der Waals surface area contributed by atoms with E-state index in [4.69, 9.17) is 0 Å². The molecular weight excluding hydrogens is 384 g/mol. The summed E-state index contributed by atoms with van der Waals surface area (Å²) >= 11 is 0. The molecule has 2 N–H and O–H groups in total. The van der Waals surface area contributed by atoms with Gasteiger partial charge in [0, 0.05) is 12.5 Å². The van der Waals surface area contributed by atoms with Gasteiger partial charge in [-0.15, -0.1) is 8.42 Å². The van der Waals surface area contributed by atoms with Crippen LogP contribution in [0.5, 0.6) is 0 Å². The van der Waals surface area contributed by atoms with Crippen LogP contribution in [0.15, 0.2) is 36.4 Å². The van der Waals surface area contributed by atoms with Gasteiger partial charge in [0.25, 0.3) is 11.8 Å². The summed E-state index contributed by atoms with van der Waals surface area (Å²) in [4.78, 5) is 60.6. The van der Waals surface area contributed by atoms with E-state index in [-0.39, 0.29) is 5.06 Å². The minimum absolute atomic E-state index is 0.230. The van der Waals surface area contributed by atoms with Crippen molar-refractivity contribution in [3.63, 3.8) is 0 Å². The molecule has 2 heterocycles. The highest BCUT2D eigenvalue weighted by Gasteiger charge is 2.61. The topological polar surface area (TPSA) is 163 Å². The van der Waals surface area contributed by atoms with Crippen molar-refractivity contribution < 1.29 is 42.2 Å². The highest BCUT2D eigenvalue weighted by Crippen LogP contribution is 2.37. The van der Waals surface area contributed by atoms with Gasteiger partial charge in [-0.1, -0.05) is 12.1 Å². The number of imide groups is 2.